The lowest BCUT2D eigenvalue weighted by molar-refractivity contribution is -0.131. The average molecular weight is 600 g/mol. The first-order valence-corrected chi connectivity index (χ1v) is 16.1. The third-order valence-corrected chi connectivity index (χ3v) is 10.0. The van der Waals surface area contributed by atoms with E-state index >= 15 is 0 Å². The van der Waals surface area contributed by atoms with Crippen LogP contribution in [0.1, 0.15) is 75.3 Å². The second kappa shape index (κ2) is 11.3. The number of amides is 1. The normalized spacial score (nSPS) is 21.7. The maximum atomic E-state index is 14.5. The zero-order chi connectivity index (χ0) is 30.7. The molecule has 0 radical (unpaired) electrons. The van der Waals surface area contributed by atoms with E-state index in [1.165, 1.54) is 16.7 Å². The van der Waals surface area contributed by atoms with Gasteiger partial charge in [-0.1, -0.05) is 102 Å². The summed E-state index contributed by atoms with van der Waals surface area (Å²) in [6, 6.07) is 21.4. The smallest absolute Gasteiger partial charge is 0.234 e. The van der Waals surface area contributed by atoms with Crippen molar-refractivity contribution >= 4 is 17.5 Å². The van der Waals surface area contributed by atoms with E-state index in [9.17, 15) is 9.90 Å². The van der Waals surface area contributed by atoms with E-state index in [4.69, 9.17) is 11.6 Å². The van der Waals surface area contributed by atoms with Crippen LogP contribution >= 0.6 is 11.6 Å². The Bertz CT molecular complexity index is 1430. The van der Waals surface area contributed by atoms with Crippen molar-refractivity contribution in [1.82, 2.24) is 14.7 Å². The maximum absolute atomic E-state index is 14.5. The largest absolute Gasteiger partial charge is 0.390 e. The minimum Gasteiger partial charge on any atom is -0.390 e. The van der Waals surface area contributed by atoms with Gasteiger partial charge in [-0.2, -0.15) is 0 Å². The lowest BCUT2D eigenvalue weighted by atomic mass is 9.83. The Morgan fingerprint density at radius 2 is 1.33 bits per heavy atom. The summed E-state index contributed by atoms with van der Waals surface area (Å²) in [5, 5.41) is 12.0. The van der Waals surface area contributed by atoms with Crippen LogP contribution < -0.4 is 0 Å². The Kier molecular flexibility index (Phi) is 8.00. The van der Waals surface area contributed by atoms with Gasteiger partial charge in [0.1, 0.15) is 0 Å². The van der Waals surface area contributed by atoms with Crippen LogP contribution in [-0.2, 0) is 22.2 Å². The van der Waals surface area contributed by atoms with E-state index in [0.717, 1.165) is 60.0 Å². The van der Waals surface area contributed by atoms with Gasteiger partial charge in [0, 0.05) is 50.8 Å². The molecule has 1 aliphatic carbocycles. The number of piperazine rings is 1. The van der Waals surface area contributed by atoms with Gasteiger partial charge in [0.15, 0.2) is 0 Å². The number of fused-ring (bicyclic) bond motifs is 3. The fourth-order valence-corrected chi connectivity index (χ4v) is 7.18. The third kappa shape index (κ3) is 6.02. The number of nitrogens with zero attached hydrogens (tertiary/aromatic N) is 3. The number of benzene rings is 3. The lowest BCUT2D eigenvalue weighted by Crippen LogP contribution is -2.53. The van der Waals surface area contributed by atoms with Crippen LogP contribution in [0.4, 0.5) is 0 Å². The number of carbonyl (C=O) groups excluding carboxylic acids is 1. The number of likely N-dealkylation sites (tertiary alicyclic amines) is 1. The molecule has 1 amide bonds. The second-order valence-electron chi connectivity index (χ2n) is 14.9. The number of β-amino-alcohol motifs (C(OH)–C–C–N with tert-alkyl or cyclic N) is 1. The standard InChI is InChI=1S/C37H46ClN3O2/c1-36(2,3)25-9-13-28-29-14-10-26(37(4,5)6)20-31(29)34(30(28)19-25)35(43)41-22-32(33(42)23-41)40-17-15-39(16-18-40)21-24-7-11-27(38)12-8-24/h7-14,19-20,32-34,42H,15-18,21-23H2,1-6H3. The van der Waals surface area contributed by atoms with Crippen LogP contribution in [-0.4, -0.2) is 77.1 Å². The molecule has 43 heavy (non-hydrogen) atoms. The van der Waals surface area contributed by atoms with Gasteiger partial charge in [-0.15, -0.1) is 0 Å². The summed E-state index contributed by atoms with van der Waals surface area (Å²) < 4.78 is 0. The van der Waals surface area contributed by atoms with Gasteiger partial charge in [-0.3, -0.25) is 14.6 Å². The minimum absolute atomic E-state index is 0.0153. The van der Waals surface area contributed by atoms with Crippen molar-refractivity contribution in [1.29, 1.82) is 0 Å². The van der Waals surface area contributed by atoms with Crippen molar-refractivity contribution in [2.45, 2.75) is 77.0 Å². The molecule has 2 saturated heterocycles. The molecule has 0 spiro atoms. The Labute approximate surface area is 262 Å². The van der Waals surface area contributed by atoms with Gasteiger partial charge in [0.2, 0.25) is 5.91 Å². The number of rotatable bonds is 4. The minimum atomic E-state index is -0.547. The number of hydrogen-bond donors (Lipinski definition) is 1. The maximum Gasteiger partial charge on any atom is 0.234 e. The topological polar surface area (TPSA) is 47.0 Å². The molecule has 5 nitrogen and oxygen atoms in total. The van der Waals surface area contributed by atoms with E-state index in [1.54, 1.807) is 0 Å². The highest BCUT2D eigenvalue weighted by Gasteiger charge is 2.44. The summed E-state index contributed by atoms with van der Waals surface area (Å²) in [7, 11) is 0. The monoisotopic (exact) mass is 599 g/mol. The summed E-state index contributed by atoms with van der Waals surface area (Å²) in [5.74, 6) is -0.239. The Morgan fingerprint density at radius 3 is 1.84 bits per heavy atom. The van der Waals surface area contributed by atoms with Crippen LogP contribution in [0.2, 0.25) is 5.02 Å². The van der Waals surface area contributed by atoms with Gasteiger partial charge >= 0.3 is 0 Å². The zero-order valence-corrected chi connectivity index (χ0v) is 27.3. The molecule has 6 rings (SSSR count). The predicted molar refractivity (Wildman–Crippen MR) is 176 cm³/mol. The number of halogens is 1. The van der Waals surface area contributed by atoms with Crippen LogP contribution in [0.5, 0.6) is 0 Å². The summed E-state index contributed by atoms with van der Waals surface area (Å²) in [4.78, 5) is 21.3. The predicted octanol–water partition coefficient (Wildman–Crippen LogP) is 6.44. The van der Waals surface area contributed by atoms with Crippen molar-refractivity contribution < 1.29 is 9.90 Å². The van der Waals surface area contributed by atoms with E-state index in [0.29, 0.717) is 13.1 Å². The molecule has 6 heteroatoms. The van der Waals surface area contributed by atoms with Gasteiger partial charge in [-0.25, -0.2) is 0 Å². The van der Waals surface area contributed by atoms with E-state index in [2.05, 4.69) is 99.9 Å². The molecule has 2 aliphatic heterocycles. The van der Waals surface area contributed by atoms with Crippen LogP contribution in [0.15, 0.2) is 60.7 Å². The fourth-order valence-electron chi connectivity index (χ4n) is 7.05. The molecule has 3 aromatic rings. The highest BCUT2D eigenvalue weighted by molar-refractivity contribution is 6.30. The summed E-state index contributed by atoms with van der Waals surface area (Å²) >= 11 is 6.06. The molecule has 0 saturated carbocycles. The van der Waals surface area contributed by atoms with Gasteiger partial charge in [0.25, 0.3) is 0 Å². The first-order valence-electron chi connectivity index (χ1n) is 15.8. The SMILES string of the molecule is CC(C)(C)c1ccc2c(c1)C(C(=O)N1CC(O)C(N3CCN(Cc4ccc(Cl)cc4)CC3)C1)c1cc(C(C)(C)C)ccc1-2. The molecule has 0 bridgehead atoms. The number of aliphatic hydroxyl groups is 1. The first-order chi connectivity index (χ1) is 20.3. The number of carbonyl (C=O) groups is 1. The Hall–Kier alpha value is -2.70. The molecule has 3 aliphatic rings. The first kappa shape index (κ1) is 30.3. The summed E-state index contributed by atoms with van der Waals surface area (Å²) in [5.41, 5.74) is 8.24. The molecule has 2 unspecified atom stereocenters. The van der Waals surface area contributed by atoms with Gasteiger partial charge in [0.05, 0.1) is 18.1 Å². The quantitative estimate of drug-likeness (QED) is 0.375. The van der Waals surface area contributed by atoms with Crippen molar-refractivity contribution in [3.05, 3.63) is 93.5 Å². The Morgan fingerprint density at radius 1 is 0.791 bits per heavy atom. The third-order valence-electron chi connectivity index (χ3n) is 9.76. The molecule has 3 aromatic carbocycles. The molecule has 2 heterocycles. The van der Waals surface area contributed by atoms with Crippen molar-refractivity contribution in [3.63, 3.8) is 0 Å². The van der Waals surface area contributed by atoms with Crippen molar-refractivity contribution in [2.75, 3.05) is 39.3 Å². The van der Waals surface area contributed by atoms with Crippen LogP contribution in [0.3, 0.4) is 0 Å². The van der Waals surface area contributed by atoms with Gasteiger partial charge < -0.3 is 10.0 Å². The second-order valence-corrected chi connectivity index (χ2v) is 15.3. The molecular weight excluding hydrogens is 554 g/mol. The lowest BCUT2D eigenvalue weighted by Gasteiger charge is -2.38. The van der Waals surface area contributed by atoms with Gasteiger partial charge in [-0.05, 0) is 61.9 Å². The molecule has 2 fully saturated rings. The van der Waals surface area contributed by atoms with E-state index in [-0.39, 0.29) is 28.7 Å². The highest BCUT2D eigenvalue weighted by Crippen LogP contribution is 2.48. The van der Waals surface area contributed by atoms with Crippen molar-refractivity contribution in [2.24, 2.45) is 0 Å². The molecule has 1 N–H and O–H groups in total. The zero-order valence-electron chi connectivity index (χ0n) is 26.5. The molecular formula is C37H46ClN3O2. The van der Waals surface area contributed by atoms with E-state index in [1.807, 2.05) is 17.0 Å². The molecule has 2 atom stereocenters. The molecule has 0 aromatic heterocycles. The average Bonchev–Trinajstić information content (AvgIpc) is 3.50. The fraction of sp³-hybridized carbons (Fsp3) is 0.486. The number of hydrogen-bond acceptors (Lipinski definition) is 4. The Balaban J connectivity index is 1.21. The summed E-state index contributed by atoms with van der Waals surface area (Å²) in [6.45, 7) is 18.8. The van der Waals surface area contributed by atoms with Crippen molar-refractivity contribution in [3.8, 4) is 11.1 Å². The number of aliphatic hydroxyl groups excluding tert-OH is 1. The van der Waals surface area contributed by atoms with E-state index < -0.39 is 6.10 Å². The highest BCUT2D eigenvalue weighted by atomic mass is 35.5. The van der Waals surface area contributed by atoms with Crippen LogP contribution in [0.25, 0.3) is 11.1 Å². The summed E-state index contributed by atoms with van der Waals surface area (Å²) in [6.07, 6.45) is -0.547. The molecule has 228 valence electrons. The van der Waals surface area contributed by atoms with Crippen LogP contribution in [0, 0.1) is 0 Å².